The fraction of sp³-hybridized carbons (Fsp3) is 0.435. The van der Waals surface area contributed by atoms with Crippen molar-refractivity contribution in [1.29, 1.82) is 0 Å². The highest BCUT2D eigenvalue weighted by Crippen LogP contribution is 2.23. The molecule has 0 aliphatic carbocycles. The Kier molecular flexibility index (Phi) is 6.12. The largest absolute Gasteiger partial charge is 0.371 e. The first-order valence-electron chi connectivity index (χ1n) is 10.4. The summed E-state index contributed by atoms with van der Waals surface area (Å²) in [5.41, 5.74) is 2.62. The molecule has 0 bridgehead atoms. The lowest BCUT2D eigenvalue weighted by Gasteiger charge is -2.35. The van der Waals surface area contributed by atoms with Crippen LogP contribution in [0.3, 0.4) is 0 Å². The van der Waals surface area contributed by atoms with Crippen molar-refractivity contribution in [3.63, 3.8) is 0 Å². The van der Waals surface area contributed by atoms with Gasteiger partial charge in [0, 0.05) is 58.0 Å². The molecule has 1 atom stereocenters. The van der Waals surface area contributed by atoms with E-state index in [9.17, 15) is 4.79 Å². The van der Waals surface area contributed by atoms with Crippen molar-refractivity contribution >= 4 is 11.7 Å². The fourth-order valence-corrected chi connectivity index (χ4v) is 4.17. The van der Waals surface area contributed by atoms with Crippen LogP contribution in [-0.2, 0) is 6.54 Å². The van der Waals surface area contributed by atoms with Gasteiger partial charge in [0.2, 0.25) is 0 Å². The van der Waals surface area contributed by atoms with Gasteiger partial charge in [-0.05, 0) is 30.0 Å². The van der Waals surface area contributed by atoms with E-state index in [0.717, 1.165) is 58.8 Å². The summed E-state index contributed by atoms with van der Waals surface area (Å²) in [6.07, 6.45) is 1.14. The number of hydrogen-bond acceptors (Lipinski definition) is 3. The Morgan fingerprint density at radius 2 is 1.57 bits per heavy atom. The van der Waals surface area contributed by atoms with Crippen molar-refractivity contribution in [2.24, 2.45) is 5.92 Å². The molecule has 2 saturated heterocycles. The van der Waals surface area contributed by atoms with E-state index < -0.39 is 0 Å². The zero-order valence-electron chi connectivity index (χ0n) is 16.5. The Morgan fingerprint density at radius 3 is 2.29 bits per heavy atom. The molecule has 5 heteroatoms. The van der Waals surface area contributed by atoms with Crippen molar-refractivity contribution in [3.8, 4) is 0 Å². The first-order chi connectivity index (χ1) is 13.8. The molecule has 2 fully saturated rings. The molecule has 1 N–H and O–H groups in total. The molecule has 2 aromatic rings. The smallest absolute Gasteiger partial charge is 0.317 e. The topological polar surface area (TPSA) is 38.8 Å². The number of nitrogens with one attached hydrogen (secondary N) is 1. The Hall–Kier alpha value is -2.53. The molecule has 2 aliphatic rings. The zero-order valence-corrected chi connectivity index (χ0v) is 16.5. The normalized spacial score (nSPS) is 20.4. The van der Waals surface area contributed by atoms with Crippen LogP contribution in [0, 0.1) is 5.92 Å². The third kappa shape index (κ3) is 4.84. The highest BCUT2D eigenvalue weighted by molar-refractivity contribution is 5.74. The van der Waals surface area contributed by atoms with Crippen LogP contribution in [0.1, 0.15) is 12.0 Å². The molecule has 1 unspecified atom stereocenters. The minimum Gasteiger partial charge on any atom is -0.371 e. The van der Waals surface area contributed by atoms with Crippen LogP contribution in [-0.4, -0.2) is 61.6 Å². The van der Waals surface area contributed by atoms with Gasteiger partial charge >= 0.3 is 6.03 Å². The second-order valence-electron chi connectivity index (χ2n) is 7.87. The number of benzene rings is 2. The second kappa shape index (κ2) is 9.11. The molecule has 2 amide bonds. The second-order valence-corrected chi connectivity index (χ2v) is 7.87. The maximum absolute atomic E-state index is 12.6. The lowest BCUT2D eigenvalue weighted by Crippen LogP contribution is -2.52. The lowest BCUT2D eigenvalue weighted by molar-refractivity contribution is 0.134. The van der Waals surface area contributed by atoms with Gasteiger partial charge in [-0.3, -0.25) is 4.90 Å². The molecule has 2 aromatic carbocycles. The number of rotatable bonds is 5. The van der Waals surface area contributed by atoms with Gasteiger partial charge in [-0.25, -0.2) is 4.79 Å². The van der Waals surface area contributed by atoms with E-state index in [1.165, 1.54) is 11.3 Å². The fourth-order valence-electron chi connectivity index (χ4n) is 4.17. The van der Waals surface area contributed by atoms with E-state index in [1.54, 1.807) is 0 Å². The molecule has 0 radical (unpaired) electrons. The maximum Gasteiger partial charge on any atom is 0.317 e. The van der Waals surface area contributed by atoms with Gasteiger partial charge in [-0.15, -0.1) is 0 Å². The lowest BCUT2D eigenvalue weighted by atomic mass is 10.1. The van der Waals surface area contributed by atoms with Crippen molar-refractivity contribution in [2.45, 2.75) is 13.0 Å². The summed E-state index contributed by atoms with van der Waals surface area (Å²) in [5.74, 6) is 0.531. The summed E-state index contributed by atoms with van der Waals surface area (Å²) < 4.78 is 0. The Bertz CT molecular complexity index is 744. The molecule has 0 saturated carbocycles. The summed E-state index contributed by atoms with van der Waals surface area (Å²) in [6, 6.07) is 21.2. The van der Waals surface area contributed by atoms with E-state index in [-0.39, 0.29) is 6.03 Å². The highest BCUT2D eigenvalue weighted by atomic mass is 16.2. The van der Waals surface area contributed by atoms with Gasteiger partial charge in [0.25, 0.3) is 0 Å². The van der Waals surface area contributed by atoms with Crippen LogP contribution in [0.15, 0.2) is 60.7 Å². The number of nitrogens with zero attached hydrogens (tertiary/aromatic N) is 3. The van der Waals surface area contributed by atoms with Gasteiger partial charge in [-0.1, -0.05) is 48.5 Å². The predicted octanol–water partition coefficient (Wildman–Crippen LogP) is 3.04. The minimum absolute atomic E-state index is 0.0949. The number of urea groups is 1. The monoisotopic (exact) mass is 378 g/mol. The molecule has 28 heavy (non-hydrogen) atoms. The number of carbonyl (C=O) groups is 1. The quantitative estimate of drug-likeness (QED) is 0.869. The average molecular weight is 379 g/mol. The molecule has 2 heterocycles. The Morgan fingerprint density at radius 1 is 0.893 bits per heavy atom. The standard InChI is InChI=1S/C23H30N4O/c28-23(24-17-21-11-12-27(19-21)22-9-5-2-6-10-22)26-15-13-25(14-16-26)18-20-7-3-1-4-8-20/h1-10,21H,11-19H2,(H,24,28). The first-order valence-corrected chi connectivity index (χ1v) is 10.4. The number of carbonyl (C=O) groups excluding carboxylic acids is 1. The molecular formula is C23H30N4O. The third-order valence-corrected chi connectivity index (χ3v) is 5.86. The van der Waals surface area contributed by atoms with Crippen LogP contribution in [0.2, 0.25) is 0 Å². The summed E-state index contributed by atoms with van der Waals surface area (Å²) in [4.78, 5) is 19.4. The van der Waals surface area contributed by atoms with Crippen molar-refractivity contribution in [2.75, 3.05) is 50.7 Å². The van der Waals surface area contributed by atoms with Gasteiger partial charge in [0.05, 0.1) is 0 Å². The zero-order chi connectivity index (χ0) is 19.2. The van der Waals surface area contributed by atoms with E-state index >= 15 is 0 Å². The molecule has 148 valence electrons. The van der Waals surface area contributed by atoms with Crippen LogP contribution < -0.4 is 10.2 Å². The van der Waals surface area contributed by atoms with E-state index in [2.05, 4.69) is 75.8 Å². The summed E-state index contributed by atoms with van der Waals surface area (Å²) >= 11 is 0. The molecule has 0 spiro atoms. The predicted molar refractivity (Wildman–Crippen MR) is 113 cm³/mol. The van der Waals surface area contributed by atoms with Crippen LogP contribution in [0.25, 0.3) is 0 Å². The van der Waals surface area contributed by atoms with E-state index in [1.807, 2.05) is 4.90 Å². The van der Waals surface area contributed by atoms with Gasteiger partial charge in [0.1, 0.15) is 0 Å². The summed E-state index contributed by atoms with van der Waals surface area (Å²) in [7, 11) is 0. The van der Waals surface area contributed by atoms with E-state index in [0.29, 0.717) is 5.92 Å². The molecular weight excluding hydrogens is 348 g/mol. The SMILES string of the molecule is O=C(NCC1CCN(c2ccccc2)C1)N1CCN(Cc2ccccc2)CC1. The van der Waals surface area contributed by atoms with Crippen LogP contribution >= 0.6 is 0 Å². The van der Waals surface area contributed by atoms with E-state index in [4.69, 9.17) is 0 Å². The van der Waals surface area contributed by atoms with Gasteiger partial charge in [-0.2, -0.15) is 0 Å². The van der Waals surface area contributed by atoms with Gasteiger partial charge in [0.15, 0.2) is 0 Å². The molecule has 2 aliphatic heterocycles. The Labute approximate surface area is 167 Å². The highest BCUT2D eigenvalue weighted by Gasteiger charge is 2.25. The minimum atomic E-state index is 0.0949. The number of para-hydroxylation sites is 1. The number of piperazine rings is 1. The van der Waals surface area contributed by atoms with Crippen LogP contribution in [0.5, 0.6) is 0 Å². The molecule has 0 aromatic heterocycles. The molecule has 5 nitrogen and oxygen atoms in total. The van der Waals surface area contributed by atoms with Crippen molar-refractivity contribution in [3.05, 3.63) is 66.2 Å². The Balaban J connectivity index is 1.17. The van der Waals surface area contributed by atoms with Crippen molar-refractivity contribution < 1.29 is 4.79 Å². The summed E-state index contributed by atoms with van der Waals surface area (Å²) in [5, 5.41) is 3.17. The van der Waals surface area contributed by atoms with Gasteiger partial charge < -0.3 is 15.1 Å². The summed E-state index contributed by atoms with van der Waals surface area (Å²) in [6.45, 7) is 7.32. The first kappa shape index (κ1) is 18.8. The average Bonchev–Trinajstić information content (AvgIpc) is 3.23. The third-order valence-electron chi connectivity index (χ3n) is 5.86. The number of hydrogen-bond donors (Lipinski definition) is 1. The molecule has 4 rings (SSSR count). The van der Waals surface area contributed by atoms with Crippen molar-refractivity contribution in [1.82, 2.24) is 15.1 Å². The maximum atomic E-state index is 12.6. The number of amides is 2. The number of anilines is 1. The van der Waals surface area contributed by atoms with Crippen LogP contribution in [0.4, 0.5) is 10.5 Å².